The van der Waals surface area contributed by atoms with Gasteiger partial charge in [0.1, 0.15) is 0 Å². The van der Waals surface area contributed by atoms with Gasteiger partial charge in [-0.25, -0.2) is 12.2 Å². The van der Waals surface area contributed by atoms with E-state index in [0.717, 1.165) is 6.42 Å². The molecule has 0 aliphatic heterocycles. The van der Waals surface area contributed by atoms with Crippen molar-refractivity contribution in [3.63, 3.8) is 0 Å². The maximum absolute atomic E-state index is 2.99. The summed E-state index contributed by atoms with van der Waals surface area (Å²) in [5, 5.41) is 5.36. The Bertz CT molecular complexity index is 2230. The molecule has 1 heteroatoms. The molecule has 7 aromatic carbocycles. The van der Waals surface area contributed by atoms with E-state index in [-0.39, 0.29) is 10.8 Å². The first-order valence-corrected chi connectivity index (χ1v) is 20.3. The van der Waals surface area contributed by atoms with Gasteiger partial charge < -0.3 is 0 Å². The van der Waals surface area contributed by atoms with Gasteiger partial charge in [0.2, 0.25) is 0 Å². The normalized spacial score (nSPS) is 12.3. The molecule has 1 aliphatic carbocycles. The second kappa shape index (κ2) is 16.8. The summed E-state index contributed by atoms with van der Waals surface area (Å²) in [6.45, 7) is 18.2. The molecule has 0 radical (unpaired) electrons. The van der Waals surface area contributed by atoms with Crippen LogP contribution in [0.1, 0.15) is 81.3 Å². The summed E-state index contributed by atoms with van der Waals surface area (Å²) < 4.78 is 1.42. The number of allylic oxidation sites excluding steroid dienone is 4. The van der Waals surface area contributed by atoms with Crippen LogP contribution in [0.4, 0.5) is 0 Å². The van der Waals surface area contributed by atoms with E-state index in [2.05, 4.69) is 207 Å². The molecule has 268 valence electrons. The molecule has 0 saturated heterocycles. The Morgan fingerprint density at radius 2 is 0.963 bits per heavy atom. The fourth-order valence-corrected chi connectivity index (χ4v) is 7.83. The van der Waals surface area contributed by atoms with Crippen LogP contribution in [0.3, 0.4) is 0 Å². The molecule has 0 N–H and O–H groups in total. The third-order valence-corrected chi connectivity index (χ3v) is 11.5. The van der Waals surface area contributed by atoms with E-state index in [1.165, 1.54) is 105 Å². The van der Waals surface area contributed by atoms with E-state index in [1.54, 1.807) is 0 Å². The molecular weight excluding hydrogens is 728 g/mol. The molecule has 0 atom stereocenters. The third-order valence-electron chi connectivity index (χ3n) is 10.0. The first kappa shape index (κ1) is 39.1. The first-order chi connectivity index (χ1) is 25.8. The number of aryl methyl sites for hydroxylation is 2. The molecule has 0 nitrogen and oxygen atoms in total. The van der Waals surface area contributed by atoms with Crippen LogP contribution in [-0.4, -0.2) is 3.21 Å². The largest absolute Gasteiger partial charge is 0.273 e. The molecule has 0 bridgehead atoms. The summed E-state index contributed by atoms with van der Waals surface area (Å²) in [4.78, 5) is 0. The van der Waals surface area contributed by atoms with Gasteiger partial charge >= 0.3 is 112 Å². The van der Waals surface area contributed by atoms with Crippen LogP contribution in [-0.2, 0) is 35.1 Å². The van der Waals surface area contributed by atoms with Crippen LogP contribution in [0.5, 0.6) is 0 Å². The fraction of sp³-hybridized carbons (Fsp3) is 0.208. The molecule has 0 fully saturated rings. The molecule has 54 heavy (non-hydrogen) atoms. The van der Waals surface area contributed by atoms with Crippen LogP contribution in [0, 0.1) is 19.9 Å². The molecule has 0 spiro atoms. The van der Waals surface area contributed by atoms with Gasteiger partial charge in [-0.3, -0.25) is 6.08 Å². The van der Waals surface area contributed by atoms with Crippen molar-refractivity contribution in [3.8, 4) is 22.3 Å². The van der Waals surface area contributed by atoms with E-state index in [4.69, 9.17) is 0 Å². The first-order valence-electron chi connectivity index (χ1n) is 19.1. The zero-order valence-electron chi connectivity index (χ0n) is 33.2. The predicted octanol–water partition coefficient (Wildman–Crippen LogP) is 14.4. The summed E-state index contributed by atoms with van der Waals surface area (Å²) >= 11 is 1.46. The van der Waals surface area contributed by atoms with Gasteiger partial charge in [0.05, 0.1) is 0 Å². The van der Waals surface area contributed by atoms with E-state index >= 15 is 0 Å². The predicted molar refractivity (Wildman–Crippen MR) is 232 cm³/mol. The van der Waals surface area contributed by atoms with Crippen molar-refractivity contribution in [1.29, 1.82) is 0 Å². The number of rotatable bonds is 4. The third kappa shape index (κ3) is 9.37. The molecule has 8 rings (SSSR count). The smallest absolute Gasteiger partial charge is 0.109 e. The van der Waals surface area contributed by atoms with E-state index in [9.17, 15) is 0 Å². The summed E-state index contributed by atoms with van der Waals surface area (Å²) in [5.74, 6) is 0. The van der Waals surface area contributed by atoms with Crippen molar-refractivity contribution in [2.24, 2.45) is 0 Å². The molecule has 0 amide bonds. The summed E-state index contributed by atoms with van der Waals surface area (Å²) in [5.41, 5.74) is 13.5. The van der Waals surface area contributed by atoms with E-state index in [0.29, 0.717) is 0 Å². The Labute approximate surface area is 339 Å². The van der Waals surface area contributed by atoms with Crippen LogP contribution < -0.4 is 0 Å². The Morgan fingerprint density at radius 3 is 1.28 bits per heavy atom. The Kier molecular flexibility index (Phi) is 12.2. The number of benzene rings is 6. The summed E-state index contributed by atoms with van der Waals surface area (Å²) in [7, 11) is 0. The van der Waals surface area contributed by atoms with Gasteiger partial charge in [0.25, 0.3) is 0 Å². The molecule has 0 unspecified atom stereocenters. The fourth-order valence-electron chi connectivity index (χ4n) is 7.01. The number of hydrogen-bond donors (Lipinski definition) is 0. The van der Waals surface area contributed by atoms with Gasteiger partial charge in [0.15, 0.2) is 0 Å². The van der Waals surface area contributed by atoms with Crippen molar-refractivity contribution < 1.29 is 24.2 Å². The SMILES string of the molecule is CC(C)(C)c1cc2c(cc1-c1ccccc1)[cH-]c1cc(-c3ccccc3)c(C(C)(C)C)cc12.Cc1ccc([C](=[Zr+2])c2ccc(C)cc2)cc1.[C-]1=CC=CC1. The van der Waals surface area contributed by atoms with E-state index < -0.39 is 0 Å². The van der Waals surface area contributed by atoms with Gasteiger partial charge in [-0.2, -0.15) is 6.08 Å². The quantitative estimate of drug-likeness (QED) is 0.156. The number of fused-ring (bicyclic) bond motifs is 3. The van der Waals surface area contributed by atoms with Gasteiger partial charge in [-0.15, -0.1) is 46.2 Å². The second-order valence-corrected chi connectivity index (χ2v) is 17.7. The van der Waals surface area contributed by atoms with E-state index in [1.807, 2.05) is 12.2 Å². The Hall–Kier alpha value is -4.58. The maximum atomic E-state index is 2.99. The van der Waals surface area contributed by atoms with Crippen molar-refractivity contribution in [3.05, 3.63) is 197 Å². The average Bonchev–Trinajstić information content (AvgIpc) is 3.86. The minimum atomic E-state index is 0.0554. The minimum absolute atomic E-state index is 0.0554. The van der Waals surface area contributed by atoms with Crippen LogP contribution in [0.25, 0.3) is 43.8 Å². The monoisotopic (exact) mass is 778 g/mol. The molecule has 0 saturated carbocycles. The van der Waals surface area contributed by atoms with Crippen molar-refractivity contribution in [1.82, 2.24) is 0 Å². The second-order valence-electron chi connectivity index (χ2n) is 16.5. The average molecular weight is 780 g/mol. The van der Waals surface area contributed by atoms with Gasteiger partial charge in [0, 0.05) is 0 Å². The topological polar surface area (TPSA) is 0 Å². The Morgan fingerprint density at radius 1 is 0.556 bits per heavy atom. The Balaban J connectivity index is 0.000000195. The van der Waals surface area contributed by atoms with Gasteiger partial charge in [-0.1, -0.05) is 114 Å². The van der Waals surface area contributed by atoms with Crippen molar-refractivity contribution in [2.45, 2.75) is 72.6 Å². The molecule has 0 aromatic heterocycles. The minimum Gasteiger partial charge on any atom is -0.273 e. The van der Waals surface area contributed by atoms with Crippen LogP contribution in [0.2, 0.25) is 0 Å². The number of hydrogen-bond acceptors (Lipinski definition) is 0. The molecule has 7 aromatic rings. The van der Waals surface area contributed by atoms with Crippen LogP contribution >= 0.6 is 0 Å². The molecule has 1 aliphatic rings. The summed E-state index contributed by atoms with van der Waals surface area (Å²) in [6.07, 6.45) is 10.0. The van der Waals surface area contributed by atoms with Crippen LogP contribution in [0.15, 0.2) is 158 Å². The standard InChI is InChI=1S/C33H33.C15H14.C5H5.Zr/c1-32(2,3)30-20-26-24(18-28(30)22-13-9-7-10-14-22)17-25-19-29(23-15-11-8-12-16-23)31(21-27(25)26)33(4,5)6;1-12-3-7-14(8-4-12)11-15-9-5-13(2)6-10-15;1-2-4-5-3-1;/h7-21H,1-6H3;3-10H,1-2H3;1-3H,4H2;/q-1;;-1;+2. The summed E-state index contributed by atoms with van der Waals surface area (Å²) in [6, 6.07) is 51.3. The zero-order valence-corrected chi connectivity index (χ0v) is 35.7. The van der Waals surface area contributed by atoms with Gasteiger partial charge in [-0.05, 0) is 44.2 Å². The maximum Gasteiger partial charge on any atom is -0.109 e. The molecular formula is C53H52Zr. The van der Waals surface area contributed by atoms with Crippen molar-refractivity contribution >= 4 is 24.8 Å². The van der Waals surface area contributed by atoms with Crippen molar-refractivity contribution in [2.75, 3.05) is 0 Å². The molecule has 0 heterocycles. The zero-order chi connectivity index (χ0) is 38.5.